The maximum Gasteiger partial charge on any atom is 0.225 e. The third-order valence-electron chi connectivity index (χ3n) is 5.06. The molecule has 3 rings (SSSR count). The van der Waals surface area contributed by atoms with Gasteiger partial charge in [0.15, 0.2) is 0 Å². The second-order valence-corrected chi connectivity index (χ2v) is 6.90. The molecule has 23 heavy (non-hydrogen) atoms. The number of amides is 1. The van der Waals surface area contributed by atoms with Crippen molar-refractivity contribution in [2.45, 2.75) is 56.5 Å². The molecule has 2 aliphatic rings. The first-order valence-electron chi connectivity index (χ1n) is 7.93. The quantitative estimate of drug-likeness (QED) is 0.884. The molecule has 2 saturated carbocycles. The summed E-state index contributed by atoms with van der Waals surface area (Å²) in [4.78, 5) is 12.4. The van der Waals surface area contributed by atoms with Gasteiger partial charge in [-0.3, -0.25) is 4.79 Å². The zero-order valence-electron chi connectivity index (χ0n) is 13.1. The third kappa shape index (κ3) is 3.66. The van der Waals surface area contributed by atoms with Gasteiger partial charge in [0.1, 0.15) is 11.6 Å². The van der Waals surface area contributed by atoms with Gasteiger partial charge in [-0.05, 0) is 38.3 Å². The average molecular weight is 345 g/mol. The predicted octanol–water partition coefficient (Wildman–Crippen LogP) is 3.27. The van der Waals surface area contributed by atoms with E-state index in [9.17, 15) is 13.6 Å². The summed E-state index contributed by atoms with van der Waals surface area (Å²) in [5.74, 6) is -1.63. The third-order valence-corrected chi connectivity index (χ3v) is 5.06. The van der Waals surface area contributed by atoms with E-state index < -0.39 is 17.2 Å². The van der Waals surface area contributed by atoms with Crippen LogP contribution < -0.4 is 11.1 Å². The monoisotopic (exact) mass is 344 g/mol. The van der Waals surface area contributed by atoms with Gasteiger partial charge in [-0.2, -0.15) is 0 Å². The molecule has 0 radical (unpaired) electrons. The summed E-state index contributed by atoms with van der Waals surface area (Å²) in [6, 6.07) is 3.68. The van der Waals surface area contributed by atoms with E-state index in [1.54, 1.807) is 0 Å². The van der Waals surface area contributed by atoms with E-state index in [0.717, 1.165) is 25.7 Å². The lowest BCUT2D eigenvalue weighted by atomic mass is 9.74. The van der Waals surface area contributed by atoms with E-state index >= 15 is 0 Å². The van der Waals surface area contributed by atoms with Gasteiger partial charge in [0, 0.05) is 23.1 Å². The minimum absolute atomic E-state index is 0. The number of carbonyl (C=O) groups excluding carboxylic acids is 1. The Hall–Kier alpha value is -1.20. The van der Waals surface area contributed by atoms with Gasteiger partial charge in [0.25, 0.3) is 0 Å². The number of hydrogen-bond donors (Lipinski definition) is 2. The van der Waals surface area contributed by atoms with E-state index in [-0.39, 0.29) is 41.8 Å². The van der Waals surface area contributed by atoms with Crippen LogP contribution in [0.15, 0.2) is 18.2 Å². The number of carbonyl (C=O) groups is 1. The highest BCUT2D eigenvalue weighted by molar-refractivity contribution is 5.85. The maximum atomic E-state index is 13.8. The van der Waals surface area contributed by atoms with E-state index in [4.69, 9.17) is 5.73 Å². The Morgan fingerprint density at radius 3 is 2.57 bits per heavy atom. The zero-order chi connectivity index (χ0) is 15.9. The summed E-state index contributed by atoms with van der Waals surface area (Å²) in [5, 5.41) is 2.93. The Bertz CT molecular complexity index is 574. The fourth-order valence-corrected chi connectivity index (χ4v) is 3.61. The fourth-order valence-electron chi connectivity index (χ4n) is 3.61. The summed E-state index contributed by atoms with van der Waals surface area (Å²) in [6.45, 7) is 1.91. The molecule has 4 atom stereocenters. The Labute approximate surface area is 141 Å². The minimum atomic E-state index is -0.539. The molecular formula is C17H23ClF2N2O. The molecule has 3 nitrogen and oxygen atoms in total. The van der Waals surface area contributed by atoms with Gasteiger partial charge < -0.3 is 11.1 Å². The number of nitrogens with two attached hydrogens (primary N) is 1. The number of hydrogen-bond acceptors (Lipinski definition) is 2. The van der Waals surface area contributed by atoms with Crippen LogP contribution in [0.3, 0.4) is 0 Å². The highest BCUT2D eigenvalue weighted by Crippen LogP contribution is 2.43. The van der Waals surface area contributed by atoms with Crippen molar-refractivity contribution in [3.63, 3.8) is 0 Å². The molecule has 0 bridgehead atoms. The molecular weight excluding hydrogens is 322 g/mol. The van der Waals surface area contributed by atoms with Crippen molar-refractivity contribution >= 4 is 18.3 Å². The summed E-state index contributed by atoms with van der Waals surface area (Å²) in [5.41, 5.74) is 5.83. The molecule has 6 heteroatoms. The molecule has 4 unspecified atom stereocenters. The van der Waals surface area contributed by atoms with Crippen molar-refractivity contribution in [3.05, 3.63) is 35.4 Å². The number of halogens is 3. The maximum absolute atomic E-state index is 13.8. The van der Waals surface area contributed by atoms with Crippen molar-refractivity contribution in [2.75, 3.05) is 0 Å². The second kappa shape index (κ2) is 6.73. The zero-order valence-corrected chi connectivity index (χ0v) is 14.0. The van der Waals surface area contributed by atoms with Gasteiger partial charge in [0.05, 0.1) is 5.92 Å². The van der Waals surface area contributed by atoms with Gasteiger partial charge in [0.2, 0.25) is 5.91 Å². The number of nitrogens with one attached hydrogen (secondary N) is 1. The van der Waals surface area contributed by atoms with E-state index in [0.29, 0.717) is 6.42 Å². The molecule has 2 aliphatic carbocycles. The smallest absolute Gasteiger partial charge is 0.225 e. The molecule has 0 aliphatic heterocycles. The summed E-state index contributed by atoms with van der Waals surface area (Å²) in [6.07, 6.45) is 4.24. The molecule has 1 aromatic carbocycles. The van der Waals surface area contributed by atoms with Crippen LogP contribution >= 0.6 is 12.4 Å². The van der Waals surface area contributed by atoms with E-state index in [1.165, 1.54) is 18.2 Å². The van der Waals surface area contributed by atoms with Crippen LogP contribution in [0.5, 0.6) is 0 Å². The summed E-state index contributed by atoms with van der Waals surface area (Å²) in [7, 11) is 0. The Balaban J connectivity index is 0.00000192. The fraction of sp³-hybridized carbons (Fsp3) is 0.588. The Morgan fingerprint density at radius 2 is 1.96 bits per heavy atom. The molecule has 0 aromatic heterocycles. The summed E-state index contributed by atoms with van der Waals surface area (Å²) < 4.78 is 27.5. The molecule has 0 saturated heterocycles. The molecule has 1 amide bonds. The van der Waals surface area contributed by atoms with Crippen LogP contribution in [0, 0.1) is 17.6 Å². The van der Waals surface area contributed by atoms with Gasteiger partial charge in [-0.1, -0.05) is 18.9 Å². The normalized spacial score (nSPS) is 32.8. The highest BCUT2D eigenvalue weighted by Gasteiger charge is 2.45. The van der Waals surface area contributed by atoms with Crippen LogP contribution in [-0.4, -0.2) is 17.5 Å². The molecule has 128 valence electrons. The molecule has 0 spiro atoms. The van der Waals surface area contributed by atoms with Crippen molar-refractivity contribution in [3.8, 4) is 0 Å². The lowest BCUT2D eigenvalue weighted by molar-refractivity contribution is -0.128. The molecule has 2 fully saturated rings. The largest absolute Gasteiger partial charge is 0.352 e. The van der Waals surface area contributed by atoms with Crippen molar-refractivity contribution < 1.29 is 13.6 Å². The van der Waals surface area contributed by atoms with Crippen LogP contribution in [0.1, 0.15) is 50.5 Å². The van der Waals surface area contributed by atoms with E-state index in [1.807, 2.05) is 6.92 Å². The Kier molecular flexibility index (Phi) is 5.31. The SMILES string of the molecule is CC1(N)CCCCC1C(=O)NC1CC1c1c(F)cccc1F.Cl. The molecule has 0 heterocycles. The molecule has 3 N–H and O–H groups in total. The topological polar surface area (TPSA) is 55.1 Å². The summed E-state index contributed by atoms with van der Waals surface area (Å²) >= 11 is 0. The van der Waals surface area contributed by atoms with Gasteiger partial charge in [-0.25, -0.2) is 8.78 Å². The lowest BCUT2D eigenvalue weighted by Gasteiger charge is -2.37. The number of benzene rings is 1. The van der Waals surface area contributed by atoms with Crippen LogP contribution in [0.25, 0.3) is 0 Å². The second-order valence-electron chi connectivity index (χ2n) is 6.90. The predicted molar refractivity (Wildman–Crippen MR) is 87.4 cm³/mol. The van der Waals surface area contributed by atoms with Crippen molar-refractivity contribution in [1.82, 2.24) is 5.32 Å². The average Bonchev–Trinajstić information content (AvgIpc) is 3.16. The first-order valence-corrected chi connectivity index (χ1v) is 7.93. The van der Waals surface area contributed by atoms with Crippen LogP contribution in [-0.2, 0) is 4.79 Å². The van der Waals surface area contributed by atoms with Gasteiger partial charge >= 0.3 is 0 Å². The standard InChI is InChI=1S/C17H22F2N2O.ClH/c1-17(20)8-3-2-5-11(17)16(22)21-14-9-10(14)15-12(18)6-4-7-13(15)19;/h4,6-7,10-11,14H,2-3,5,8-9,20H2,1H3,(H,21,22);1H. The van der Waals surface area contributed by atoms with Crippen LogP contribution in [0.4, 0.5) is 8.78 Å². The van der Waals surface area contributed by atoms with Crippen molar-refractivity contribution in [1.29, 1.82) is 0 Å². The van der Waals surface area contributed by atoms with Crippen LogP contribution in [0.2, 0.25) is 0 Å². The number of rotatable bonds is 3. The van der Waals surface area contributed by atoms with Gasteiger partial charge in [-0.15, -0.1) is 12.4 Å². The van der Waals surface area contributed by atoms with E-state index in [2.05, 4.69) is 5.32 Å². The van der Waals surface area contributed by atoms with Crippen molar-refractivity contribution in [2.24, 2.45) is 11.7 Å². The highest BCUT2D eigenvalue weighted by atomic mass is 35.5. The first-order chi connectivity index (χ1) is 10.4. The first kappa shape index (κ1) is 18.1. The lowest BCUT2D eigenvalue weighted by Crippen LogP contribution is -2.53. The Morgan fingerprint density at radius 1 is 1.30 bits per heavy atom. The minimum Gasteiger partial charge on any atom is -0.352 e. The molecule has 1 aromatic rings.